The van der Waals surface area contributed by atoms with Gasteiger partial charge < -0.3 is 20.7 Å². The van der Waals surface area contributed by atoms with E-state index in [1.54, 1.807) is 0 Å². The fraction of sp³-hybridized carbons (Fsp3) is 0.455. The van der Waals surface area contributed by atoms with Crippen molar-refractivity contribution in [3.8, 4) is 5.75 Å². The molecular weight excluding hydrogens is 272 g/mol. The maximum absolute atomic E-state index is 12.4. The van der Waals surface area contributed by atoms with Gasteiger partial charge in [0.05, 0.1) is 36.4 Å². The quantitative estimate of drug-likeness (QED) is 0.503. The van der Waals surface area contributed by atoms with E-state index in [0.717, 1.165) is 0 Å². The van der Waals surface area contributed by atoms with Crippen molar-refractivity contribution in [3.63, 3.8) is 0 Å². The summed E-state index contributed by atoms with van der Waals surface area (Å²) in [6.07, 6.45) is 0. The summed E-state index contributed by atoms with van der Waals surface area (Å²) in [5, 5.41) is 18.5. The van der Waals surface area contributed by atoms with Crippen molar-refractivity contribution in [1.82, 2.24) is 4.31 Å². The Morgan fingerprint density at radius 2 is 2.21 bits per heavy atom. The van der Waals surface area contributed by atoms with Gasteiger partial charge >= 0.3 is 0 Å². The number of ether oxygens (including phenoxy) is 1. The predicted molar refractivity (Wildman–Crippen MR) is 68.1 cm³/mol. The first-order valence-electron chi connectivity index (χ1n) is 5.75. The first kappa shape index (κ1) is 14.1. The van der Waals surface area contributed by atoms with Crippen LogP contribution in [0.25, 0.3) is 0 Å². The first-order chi connectivity index (χ1) is 8.96. The molecule has 1 aromatic carbocycles. The van der Waals surface area contributed by atoms with Gasteiger partial charge in [-0.1, -0.05) is 0 Å². The van der Waals surface area contributed by atoms with Gasteiger partial charge in [-0.2, -0.15) is 4.31 Å². The van der Waals surface area contributed by atoms with E-state index in [0.29, 0.717) is 0 Å². The molecule has 4 N–H and O–H groups in total. The molecule has 7 nitrogen and oxygen atoms in total. The first-order valence-corrected chi connectivity index (χ1v) is 7.19. The van der Waals surface area contributed by atoms with E-state index in [1.165, 1.54) is 22.5 Å². The predicted octanol–water partition coefficient (Wildman–Crippen LogP) is -0.644. The van der Waals surface area contributed by atoms with Crippen LogP contribution in [0.1, 0.15) is 0 Å². The van der Waals surface area contributed by atoms with Gasteiger partial charge in [-0.25, -0.2) is 8.42 Å². The minimum absolute atomic E-state index is 0.00474. The maximum Gasteiger partial charge on any atom is 0.243 e. The van der Waals surface area contributed by atoms with Crippen molar-refractivity contribution in [2.45, 2.75) is 10.9 Å². The molecule has 0 saturated carbocycles. The number of benzene rings is 1. The number of nitrogens with zero attached hydrogens (tertiary/aromatic N) is 1. The third-order valence-corrected chi connectivity index (χ3v) is 4.94. The summed E-state index contributed by atoms with van der Waals surface area (Å²) < 4.78 is 31.2. The van der Waals surface area contributed by atoms with Crippen LogP contribution in [0.4, 0.5) is 5.69 Å². The van der Waals surface area contributed by atoms with Crippen LogP contribution in [0.3, 0.4) is 0 Å². The Bertz CT molecular complexity index is 560. The lowest BCUT2D eigenvalue weighted by atomic mass is 10.3. The molecule has 0 amide bonds. The van der Waals surface area contributed by atoms with Crippen LogP contribution in [0.5, 0.6) is 5.75 Å². The van der Waals surface area contributed by atoms with E-state index in [4.69, 9.17) is 10.5 Å². The Morgan fingerprint density at radius 1 is 1.47 bits per heavy atom. The Labute approximate surface area is 111 Å². The zero-order chi connectivity index (χ0) is 14.0. The molecule has 1 aromatic rings. The van der Waals surface area contributed by atoms with Gasteiger partial charge in [0.15, 0.2) is 0 Å². The summed E-state index contributed by atoms with van der Waals surface area (Å²) >= 11 is 0. The normalized spacial score (nSPS) is 21.4. The number of hydrogen-bond acceptors (Lipinski definition) is 6. The molecule has 19 heavy (non-hydrogen) atoms. The number of morpholine rings is 1. The number of aliphatic hydroxyl groups excluding tert-OH is 1. The molecule has 106 valence electrons. The van der Waals surface area contributed by atoms with Crippen molar-refractivity contribution in [1.29, 1.82) is 0 Å². The summed E-state index contributed by atoms with van der Waals surface area (Å²) in [4.78, 5) is -0.0110. The van der Waals surface area contributed by atoms with E-state index < -0.39 is 16.1 Å². The average molecular weight is 288 g/mol. The summed E-state index contributed by atoms with van der Waals surface area (Å²) in [6.45, 7) is 0.299. The Kier molecular flexibility index (Phi) is 3.95. The topological polar surface area (TPSA) is 113 Å². The highest BCUT2D eigenvalue weighted by atomic mass is 32.2. The molecule has 1 aliphatic heterocycles. The minimum Gasteiger partial charge on any atom is -0.506 e. The molecule has 0 bridgehead atoms. The molecule has 1 heterocycles. The van der Waals surface area contributed by atoms with Gasteiger partial charge in [0, 0.05) is 6.54 Å². The standard InChI is InChI=1S/C11H16N2O5S/c12-10-5-9(1-2-11(10)15)19(16,17)13-3-4-18-7-8(13)6-14/h1-2,5,8,14-15H,3-4,6-7,12H2. The van der Waals surface area contributed by atoms with Crippen molar-refractivity contribution in [3.05, 3.63) is 18.2 Å². The molecule has 8 heteroatoms. The number of hydrogen-bond donors (Lipinski definition) is 3. The average Bonchev–Trinajstić information content (AvgIpc) is 2.41. The van der Waals surface area contributed by atoms with E-state index in [-0.39, 0.29) is 42.7 Å². The Morgan fingerprint density at radius 3 is 2.84 bits per heavy atom. The third-order valence-electron chi connectivity index (χ3n) is 2.99. The van der Waals surface area contributed by atoms with Gasteiger partial charge in [-0.15, -0.1) is 0 Å². The van der Waals surface area contributed by atoms with Crippen LogP contribution in [0, 0.1) is 0 Å². The van der Waals surface area contributed by atoms with Gasteiger partial charge in [0.25, 0.3) is 0 Å². The molecule has 0 radical (unpaired) electrons. The molecule has 0 spiro atoms. The van der Waals surface area contributed by atoms with Crippen LogP contribution in [-0.4, -0.2) is 55.3 Å². The van der Waals surface area contributed by atoms with Crippen molar-refractivity contribution < 1.29 is 23.4 Å². The zero-order valence-corrected chi connectivity index (χ0v) is 11.0. The number of sulfonamides is 1. The molecule has 2 rings (SSSR count). The second-order valence-electron chi connectivity index (χ2n) is 4.25. The van der Waals surface area contributed by atoms with Crippen molar-refractivity contribution >= 4 is 15.7 Å². The fourth-order valence-corrected chi connectivity index (χ4v) is 3.55. The molecule has 1 aliphatic rings. The molecule has 1 unspecified atom stereocenters. The third kappa shape index (κ3) is 2.66. The van der Waals surface area contributed by atoms with Crippen LogP contribution >= 0.6 is 0 Å². The monoisotopic (exact) mass is 288 g/mol. The summed E-state index contributed by atoms with van der Waals surface area (Å²) in [5.74, 6) is -0.167. The molecule has 1 saturated heterocycles. The van der Waals surface area contributed by atoms with Gasteiger partial charge in [-0.3, -0.25) is 0 Å². The fourth-order valence-electron chi connectivity index (χ4n) is 1.93. The van der Waals surface area contributed by atoms with Crippen LogP contribution in [0.15, 0.2) is 23.1 Å². The van der Waals surface area contributed by atoms with E-state index in [2.05, 4.69) is 0 Å². The lowest BCUT2D eigenvalue weighted by Gasteiger charge is -2.33. The van der Waals surface area contributed by atoms with Crippen molar-refractivity contribution in [2.75, 3.05) is 32.1 Å². The van der Waals surface area contributed by atoms with Crippen LogP contribution < -0.4 is 5.73 Å². The van der Waals surface area contributed by atoms with Crippen LogP contribution in [-0.2, 0) is 14.8 Å². The Balaban J connectivity index is 2.37. The van der Waals surface area contributed by atoms with Crippen molar-refractivity contribution in [2.24, 2.45) is 0 Å². The highest BCUT2D eigenvalue weighted by Gasteiger charge is 2.33. The highest BCUT2D eigenvalue weighted by Crippen LogP contribution is 2.26. The highest BCUT2D eigenvalue weighted by molar-refractivity contribution is 7.89. The number of anilines is 1. The largest absolute Gasteiger partial charge is 0.506 e. The second kappa shape index (κ2) is 5.33. The number of phenolic OH excluding ortho intramolecular Hbond substituents is 1. The van der Waals surface area contributed by atoms with E-state index in [9.17, 15) is 18.6 Å². The van der Waals surface area contributed by atoms with Gasteiger partial charge in [0.2, 0.25) is 10.0 Å². The number of nitrogen functional groups attached to an aromatic ring is 1. The number of aromatic hydroxyl groups is 1. The summed E-state index contributed by atoms with van der Waals surface area (Å²) in [6, 6.07) is 3.12. The molecular formula is C11H16N2O5S. The number of nitrogens with two attached hydrogens (primary N) is 1. The zero-order valence-electron chi connectivity index (χ0n) is 10.2. The molecule has 0 aliphatic carbocycles. The van der Waals surface area contributed by atoms with Gasteiger partial charge in [0.1, 0.15) is 5.75 Å². The molecule has 1 atom stereocenters. The maximum atomic E-state index is 12.4. The summed E-state index contributed by atoms with van der Waals surface area (Å²) in [7, 11) is -3.76. The van der Waals surface area contributed by atoms with E-state index in [1.807, 2.05) is 0 Å². The minimum atomic E-state index is -3.76. The molecule has 1 fully saturated rings. The molecule has 0 aromatic heterocycles. The van der Waals surface area contributed by atoms with E-state index >= 15 is 0 Å². The lowest BCUT2D eigenvalue weighted by Crippen LogP contribution is -2.50. The second-order valence-corrected chi connectivity index (χ2v) is 6.14. The number of rotatable bonds is 3. The lowest BCUT2D eigenvalue weighted by molar-refractivity contribution is 0.0109. The van der Waals surface area contributed by atoms with Crippen LogP contribution in [0.2, 0.25) is 0 Å². The number of aliphatic hydroxyl groups is 1. The number of phenols is 1. The van der Waals surface area contributed by atoms with Gasteiger partial charge in [-0.05, 0) is 18.2 Å². The SMILES string of the molecule is Nc1cc(S(=O)(=O)N2CCOCC2CO)ccc1O. The summed E-state index contributed by atoms with van der Waals surface area (Å²) in [5.41, 5.74) is 5.50. The smallest absolute Gasteiger partial charge is 0.243 e. The Hall–Kier alpha value is -1.35.